The van der Waals surface area contributed by atoms with Crippen molar-refractivity contribution in [3.05, 3.63) is 23.8 Å². The van der Waals surface area contributed by atoms with E-state index in [1.165, 1.54) is 12.1 Å². The average Bonchev–Trinajstić information content (AvgIpc) is 2.19. The highest BCUT2D eigenvalue weighted by Crippen LogP contribution is 2.28. The normalized spacial score (nSPS) is 13.2. The SMILES string of the molecule is CC(Oc1ccc(C(=O)O)cc1N)C(C)(C)C. The minimum atomic E-state index is -0.993. The maximum Gasteiger partial charge on any atom is 0.335 e. The molecule has 0 aromatic heterocycles. The number of benzene rings is 1. The van der Waals surface area contributed by atoms with Gasteiger partial charge in [0.05, 0.1) is 11.3 Å². The molecule has 4 heteroatoms. The van der Waals surface area contributed by atoms with E-state index in [0.29, 0.717) is 11.4 Å². The number of ether oxygens (including phenoxy) is 1. The van der Waals surface area contributed by atoms with Crippen LogP contribution in [-0.2, 0) is 0 Å². The summed E-state index contributed by atoms with van der Waals surface area (Å²) in [5.74, 6) is -0.468. The lowest BCUT2D eigenvalue weighted by Crippen LogP contribution is -2.29. The number of hydrogen-bond acceptors (Lipinski definition) is 3. The minimum Gasteiger partial charge on any atom is -0.488 e. The maximum absolute atomic E-state index is 10.7. The van der Waals surface area contributed by atoms with E-state index in [-0.39, 0.29) is 17.1 Å². The first-order valence-electron chi connectivity index (χ1n) is 5.51. The van der Waals surface area contributed by atoms with Gasteiger partial charge >= 0.3 is 5.97 Å². The van der Waals surface area contributed by atoms with Crippen LogP contribution in [0.25, 0.3) is 0 Å². The van der Waals surface area contributed by atoms with Crippen molar-refractivity contribution in [2.75, 3.05) is 5.73 Å². The average molecular weight is 237 g/mol. The van der Waals surface area contributed by atoms with E-state index >= 15 is 0 Å². The van der Waals surface area contributed by atoms with E-state index in [1.807, 2.05) is 6.92 Å². The summed E-state index contributed by atoms with van der Waals surface area (Å²) in [6.07, 6.45) is -0.0134. The van der Waals surface area contributed by atoms with Gasteiger partial charge in [0.2, 0.25) is 0 Å². The highest BCUT2D eigenvalue weighted by atomic mass is 16.5. The maximum atomic E-state index is 10.7. The Balaban J connectivity index is 2.90. The Morgan fingerprint density at radius 3 is 2.41 bits per heavy atom. The first-order chi connectivity index (χ1) is 7.71. The quantitative estimate of drug-likeness (QED) is 0.793. The van der Waals surface area contributed by atoms with Crippen LogP contribution < -0.4 is 10.5 Å². The van der Waals surface area contributed by atoms with E-state index in [0.717, 1.165) is 0 Å². The molecule has 0 saturated carbocycles. The second-order valence-electron chi connectivity index (χ2n) is 5.18. The summed E-state index contributed by atoms with van der Waals surface area (Å²) in [6, 6.07) is 4.50. The molecule has 0 bridgehead atoms. The standard InChI is InChI=1S/C13H19NO3/c1-8(13(2,3)4)17-11-6-5-9(12(15)16)7-10(11)14/h5-8H,14H2,1-4H3,(H,15,16). The smallest absolute Gasteiger partial charge is 0.335 e. The number of carboxylic acids is 1. The molecule has 4 nitrogen and oxygen atoms in total. The molecule has 0 aliphatic heterocycles. The van der Waals surface area contributed by atoms with Gasteiger partial charge in [0, 0.05) is 0 Å². The molecule has 1 aromatic rings. The van der Waals surface area contributed by atoms with Gasteiger partial charge in [-0.2, -0.15) is 0 Å². The van der Waals surface area contributed by atoms with E-state index in [2.05, 4.69) is 20.8 Å². The molecule has 1 atom stereocenters. The number of anilines is 1. The van der Waals surface area contributed by atoms with E-state index in [1.54, 1.807) is 6.07 Å². The minimum absolute atomic E-state index is 0.00207. The summed E-state index contributed by atoms with van der Waals surface area (Å²) in [5.41, 5.74) is 6.27. The monoisotopic (exact) mass is 237 g/mol. The van der Waals surface area contributed by atoms with Gasteiger partial charge in [-0.05, 0) is 30.5 Å². The summed E-state index contributed by atoms with van der Waals surface area (Å²) >= 11 is 0. The fourth-order valence-corrected chi connectivity index (χ4v) is 1.16. The number of hydrogen-bond donors (Lipinski definition) is 2. The number of aromatic carboxylic acids is 1. The van der Waals surface area contributed by atoms with Gasteiger partial charge in [0.1, 0.15) is 11.9 Å². The van der Waals surface area contributed by atoms with Crippen LogP contribution in [0, 0.1) is 5.41 Å². The number of nitrogen functional groups attached to an aromatic ring is 1. The van der Waals surface area contributed by atoms with Crippen LogP contribution in [0.3, 0.4) is 0 Å². The van der Waals surface area contributed by atoms with Crippen LogP contribution >= 0.6 is 0 Å². The lowest BCUT2D eigenvalue weighted by atomic mass is 9.90. The molecule has 0 heterocycles. The summed E-state index contributed by atoms with van der Waals surface area (Å²) in [6.45, 7) is 8.17. The van der Waals surface area contributed by atoms with Crippen molar-refractivity contribution in [1.29, 1.82) is 0 Å². The molecule has 0 amide bonds. The van der Waals surface area contributed by atoms with Gasteiger partial charge in [0.15, 0.2) is 0 Å². The fourth-order valence-electron chi connectivity index (χ4n) is 1.16. The van der Waals surface area contributed by atoms with Crippen molar-refractivity contribution in [2.45, 2.75) is 33.8 Å². The zero-order valence-corrected chi connectivity index (χ0v) is 10.7. The third kappa shape index (κ3) is 3.37. The zero-order valence-electron chi connectivity index (χ0n) is 10.7. The summed E-state index contributed by atoms with van der Waals surface area (Å²) < 4.78 is 5.73. The topological polar surface area (TPSA) is 72.5 Å². The Labute approximate surface area is 101 Å². The van der Waals surface area contributed by atoms with Gasteiger partial charge in [-0.1, -0.05) is 20.8 Å². The Morgan fingerprint density at radius 2 is 2.00 bits per heavy atom. The number of carbonyl (C=O) groups is 1. The van der Waals surface area contributed by atoms with Gasteiger partial charge < -0.3 is 15.6 Å². The Bertz CT molecular complexity index is 421. The molecule has 1 unspecified atom stereocenters. The van der Waals surface area contributed by atoms with E-state index in [9.17, 15) is 4.79 Å². The molecule has 0 spiro atoms. The molecule has 17 heavy (non-hydrogen) atoms. The molecule has 0 fully saturated rings. The highest BCUT2D eigenvalue weighted by molar-refractivity contribution is 5.89. The largest absolute Gasteiger partial charge is 0.488 e. The molecule has 0 radical (unpaired) electrons. The van der Waals surface area contributed by atoms with Gasteiger partial charge in [-0.15, -0.1) is 0 Å². The second kappa shape index (κ2) is 4.65. The molecule has 0 aliphatic carbocycles. The summed E-state index contributed by atoms with van der Waals surface area (Å²) in [4.78, 5) is 10.7. The molecule has 3 N–H and O–H groups in total. The van der Waals surface area contributed by atoms with E-state index in [4.69, 9.17) is 15.6 Å². The van der Waals surface area contributed by atoms with Crippen molar-refractivity contribution < 1.29 is 14.6 Å². The Hall–Kier alpha value is -1.71. The zero-order chi connectivity index (χ0) is 13.2. The number of nitrogens with two attached hydrogens (primary N) is 1. The molecule has 0 aliphatic rings. The van der Waals surface area contributed by atoms with Crippen molar-refractivity contribution in [2.24, 2.45) is 5.41 Å². The van der Waals surface area contributed by atoms with Crippen molar-refractivity contribution in [3.8, 4) is 5.75 Å². The molecule has 94 valence electrons. The number of rotatable bonds is 3. The lowest BCUT2D eigenvalue weighted by Gasteiger charge is -2.28. The molecule has 0 saturated heterocycles. The van der Waals surface area contributed by atoms with Gasteiger partial charge in [-0.3, -0.25) is 0 Å². The van der Waals surface area contributed by atoms with Crippen molar-refractivity contribution >= 4 is 11.7 Å². The summed E-state index contributed by atoms with van der Waals surface area (Å²) in [7, 11) is 0. The van der Waals surface area contributed by atoms with E-state index < -0.39 is 5.97 Å². The summed E-state index contributed by atoms with van der Waals surface area (Å²) in [5, 5.41) is 8.81. The van der Waals surface area contributed by atoms with Crippen molar-refractivity contribution in [1.82, 2.24) is 0 Å². The van der Waals surface area contributed by atoms with Crippen LogP contribution in [0.4, 0.5) is 5.69 Å². The predicted octanol–water partition coefficient (Wildman–Crippen LogP) is 2.78. The van der Waals surface area contributed by atoms with Crippen LogP contribution in [0.15, 0.2) is 18.2 Å². The molecular formula is C13H19NO3. The molecular weight excluding hydrogens is 218 g/mol. The molecule has 1 rings (SSSR count). The first kappa shape index (κ1) is 13.4. The fraction of sp³-hybridized carbons (Fsp3) is 0.462. The van der Waals surface area contributed by atoms with Crippen LogP contribution in [0.2, 0.25) is 0 Å². The second-order valence-corrected chi connectivity index (χ2v) is 5.18. The lowest BCUT2D eigenvalue weighted by molar-refractivity contribution is 0.0696. The van der Waals surface area contributed by atoms with Crippen LogP contribution in [0.5, 0.6) is 5.75 Å². The number of carboxylic acid groups (broad SMARTS) is 1. The van der Waals surface area contributed by atoms with Gasteiger partial charge in [-0.25, -0.2) is 4.79 Å². The molecule has 1 aromatic carbocycles. The Morgan fingerprint density at radius 1 is 1.41 bits per heavy atom. The van der Waals surface area contributed by atoms with Gasteiger partial charge in [0.25, 0.3) is 0 Å². The van der Waals surface area contributed by atoms with Crippen molar-refractivity contribution in [3.63, 3.8) is 0 Å². The first-order valence-corrected chi connectivity index (χ1v) is 5.51. The predicted molar refractivity (Wildman–Crippen MR) is 67.4 cm³/mol. The Kier molecular flexibility index (Phi) is 3.66. The van der Waals surface area contributed by atoms with Crippen LogP contribution in [-0.4, -0.2) is 17.2 Å². The highest BCUT2D eigenvalue weighted by Gasteiger charge is 2.22. The van der Waals surface area contributed by atoms with Crippen LogP contribution in [0.1, 0.15) is 38.1 Å². The third-order valence-electron chi connectivity index (χ3n) is 2.78. The third-order valence-corrected chi connectivity index (χ3v) is 2.78.